The molecule has 1 aliphatic rings. The maximum absolute atomic E-state index is 5.94. The summed E-state index contributed by atoms with van der Waals surface area (Å²) in [5.74, 6) is 0.993. The first-order chi connectivity index (χ1) is 7.19. The van der Waals surface area contributed by atoms with E-state index in [1.54, 1.807) is 0 Å². The van der Waals surface area contributed by atoms with Crippen LogP contribution in [0.25, 0.3) is 0 Å². The van der Waals surface area contributed by atoms with Crippen LogP contribution < -0.4 is 10.1 Å². The van der Waals surface area contributed by atoms with Crippen molar-refractivity contribution in [2.75, 3.05) is 7.05 Å². The van der Waals surface area contributed by atoms with Gasteiger partial charge in [0.05, 0.1) is 0 Å². The molecule has 0 spiro atoms. The molecule has 0 aromatic heterocycles. The van der Waals surface area contributed by atoms with Crippen LogP contribution in [-0.4, -0.2) is 19.2 Å². The summed E-state index contributed by atoms with van der Waals surface area (Å²) in [6.45, 7) is 2.17. The summed E-state index contributed by atoms with van der Waals surface area (Å²) in [5.41, 5.74) is 1.23. The number of hydrogen-bond donors (Lipinski definition) is 1. The van der Waals surface area contributed by atoms with Crippen molar-refractivity contribution in [3.05, 3.63) is 28.8 Å². The Kier molecular flexibility index (Phi) is 3.17. The minimum absolute atomic E-state index is 0.293. The third kappa shape index (κ3) is 2.44. The number of nitrogens with one attached hydrogen (secondary N) is 1. The van der Waals surface area contributed by atoms with Crippen molar-refractivity contribution >= 4 is 11.6 Å². The van der Waals surface area contributed by atoms with Crippen molar-refractivity contribution in [1.82, 2.24) is 5.32 Å². The second-order valence-electron chi connectivity index (χ2n) is 4.12. The maximum Gasteiger partial charge on any atom is 0.123 e. The molecule has 0 saturated carbocycles. The average Bonchev–Trinajstić information content (AvgIpc) is 2.59. The topological polar surface area (TPSA) is 21.3 Å². The molecular formula is C12H16ClNO. The van der Waals surface area contributed by atoms with Gasteiger partial charge in [0, 0.05) is 17.5 Å². The summed E-state index contributed by atoms with van der Waals surface area (Å²) in [6.07, 6.45) is 2.30. The molecule has 3 heteroatoms. The Labute approximate surface area is 95.6 Å². The fourth-order valence-electron chi connectivity index (χ4n) is 1.93. The second-order valence-corrected chi connectivity index (χ2v) is 4.56. The van der Waals surface area contributed by atoms with E-state index < -0.39 is 0 Å². The summed E-state index contributed by atoms with van der Waals surface area (Å²) in [6, 6.07) is 6.33. The lowest BCUT2D eigenvalue weighted by Crippen LogP contribution is -2.28. The van der Waals surface area contributed by atoms with Crippen molar-refractivity contribution in [2.45, 2.75) is 31.9 Å². The second kappa shape index (κ2) is 4.42. The predicted molar refractivity (Wildman–Crippen MR) is 62.7 cm³/mol. The third-order valence-corrected chi connectivity index (χ3v) is 3.11. The quantitative estimate of drug-likeness (QED) is 0.854. The van der Waals surface area contributed by atoms with Crippen LogP contribution in [0.3, 0.4) is 0 Å². The third-order valence-electron chi connectivity index (χ3n) is 2.87. The molecule has 1 aromatic carbocycles. The molecule has 1 aliphatic heterocycles. The highest BCUT2D eigenvalue weighted by molar-refractivity contribution is 6.30. The Hall–Kier alpha value is -0.730. The largest absolute Gasteiger partial charge is 0.490 e. The molecule has 2 nitrogen and oxygen atoms in total. The normalized spacial score (nSPS) is 20.9. The fraction of sp³-hybridized carbons (Fsp3) is 0.500. The Morgan fingerprint density at radius 3 is 3.13 bits per heavy atom. The number of halogens is 1. The Balaban J connectivity index is 2.03. The van der Waals surface area contributed by atoms with Gasteiger partial charge in [-0.1, -0.05) is 11.6 Å². The van der Waals surface area contributed by atoms with Crippen LogP contribution in [-0.2, 0) is 6.42 Å². The van der Waals surface area contributed by atoms with Gasteiger partial charge in [-0.25, -0.2) is 0 Å². The highest BCUT2D eigenvalue weighted by Gasteiger charge is 2.24. The zero-order chi connectivity index (χ0) is 10.8. The summed E-state index contributed by atoms with van der Waals surface area (Å²) in [7, 11) is 1.98. The SMILES string of the molecule is CNC(C)CC1Cc2cc(Cl)ccc2O1. The van der Waals surface area contributed by atoms with Gasteiger partial charge < -0.3 is 10.1 Å². The Morgan fingerprint density at radius 2 is 2.40 bits per heavy atom. The van der Waals surface area contributed by atoms with E-state index in [0.29, 0.717) is 12.1 Å². The monoisotopic (exact) mass is 225 g/mol. The molecule has 1 heterocycles. The molecule has 0 bridgehead atoms. The van der Waals surface area contributed by atoms with Crippen LogP contribution in [0.15, 0.2) is 18.2 Å². The van der Waals surface area contributed by atoms with E-state index in [1.165, 1.54) is 5.56 Å². The minimum atomic E-state index is 0.293. The first-order valence-electron chi connectivity index (χ1n) is 5.31. The molecule has 2 atom stereocenters. The first-order valence-corrected chi connectivity index (χ1v) is 5.69. The maximum atomic E-state index is 5.94. The van der Waals surface area contributed by atoms with E-state index in [2.05, 4.69) is 12.2 Å². The van der Waals surface area contributed by atoms with E-state index in [9.17, 15) is 0 Å². The van der Waals surface area contributed by atoms with Gasteiger partial charge in [0.1, 0.15) is 11.9 Å². The predicted octanol–water partition coefficient (Wildman–Crippen LogP) is 2.64. The van der Waals surface area contributed by atoms with Crippen LogP contribution in [0, 0.1) is 0 Å². The number of ether oxygens (including phenoxy) is 1. The minimum Gasteiger partial charge on any atom is -0.490 e. The van der Waals surface area contributed by atoms with Crippen LogP contribution in [0.4, 0.5) is 0 Å². The molecule has 1 aromatic rings. The lowest BCUT2D eigenvalue weighted by atomic mass is 10.1. The summed E-state index contributed by atoms with van der Waals surface area (Å²) >= 11 is 5.94. The average molecular weight is 226 g/mol. The molecule has 0 saturated heterocycles. The molecule has 82 valence electrons. The lowest BCUT2D eigenvalue weighted by Gasteiger charge is -2.15. The van der Waals surface area contributed by atoms with Gasteiger partial charge in [0.15, 0.2) is 0 Å². The summed E-state index contributed by atoms with van der Waals surface area (Å²) < 4.78 is 5.84. The van der Waals surface area contributed by atoms with Crippen molar-refractivity contribution < 1.29 is 4.74 Å². The van der Waals surface area contributed by atoms with E-state index in [-0.39, 0.29) is 0 Å². The first kappa shape index (κ1) is 10.8. The van der Waals surface area contributed by atoms with E-state index in [4.69, 9.17) is 16.3 Å². The van der Waals surface area contributed by atoms with Crippen LogP contribution in [0.1, 0.15) is 18.9 Å². The van der Waals surface area contributed by atoms with Crippen LogP contribution in [0.5, 0.6) is 5.75 Å². The van der Waals surface area contributed by atoms with Crippen molar-refractivity contribution in [2.24, 2.45) is 0 Å². The van der Waals surface area contributed by atoms with Gasteiger partial charge >= 0.3 is 0 Å². The number of benzene rings is 1. The van der Waals surface area contributed by atoms with Crippen LogP contribution in [0.2, 0.25) is 5.02 Å². The smallest absolute Gasteiger partial charge is 0.123 e. The van der Waals surface area contributed by atoms with Gasteiger partial charge in [0.25, 0.3) is 0 Å². The molecule has 0 fully saturated rings. The van der Waals surface area contributed by atoms with Crippen molar-refractivity contribution in [1.29, 1.82) is 0 Å². The fourth-order valence-corrected chi connectivity index (χ4v) is 2.13. The lowest BCUT2D eigenvalue weighted by molar-refractivity contribution is 0.207. The van der Waals surface area contributed by atoms with E-state index in [1.807, 2.05) is 25.2 Å². The molecule has 0 amide bonds. The van der Waals surface area contributed by atoms with E-state index >= 15 is 0 Å². The molecule has 2 rings (SSSR count). The molecule has 1 N–H and O–H groups in total. The molecule has 2 unspecified atom stereocenters. The standard InChI is InChI=1S/C12H16ClNO/c1-8(14-2)5-11-7-9-6-10(13)3-4-12(9)15-11/h3-4,6,8,11,14H,5,7H2,1-2H3. The number of hydrogen-bond acceptors (Lipinski definition) is 2. The highest BCUT2D eigenvalue weighted by atomic mass is 35.5. The van der Waals surface area contributed by atoms with Gasteiger partial charge in [-0.15, -0.1) is 0 Å². The summed E-state index contributed by atoms with van der Waals surface area (Å²) in [4.78, 5) is 0. The highest BCUT2D eigenvalue weighted by Crippen LogP contribution is 2.32. The van der Waals surface area contributed by atoms with E-state index in [0.717, 1.165) is 23.6 Å². The van der Waals surface area contributed by atoms with Gasteiger partial charge in [-0.3, -0.25) is 0 Å². The van der Waals surface area contributed by atoms with Gasteiger partial charge in [-0.05, 0) is 44.2 Å². The van der Waals surface area contributed by atoms with Crippen molar-refractivity contribution in [3.8, 4) is 5.75 Å². The number of fused-ring (bicyclic) bond motifs is 1. The summed E-state index contributed by atoms with van der Waals surface area (Å²) in [5, 5.41) is 4.02. The Morgan fingerprint density at radius 1 is 1.60 bits per heavy atom. The zero-order valence-electron chi connectivity index (χ0n) is 9.09. The molecule has 0 aliphatic carbocycles. The zero-order valence-corrected chi connectivity index (χ0v) is 9.84. The molecule has 0 radical (unpaired) electrons. The Bertz CT molecular complexity index is 353. The molecule has 15 heavy (non-hydrogen) atoms. The van der Waals surface area contributed by atoms with Gasteiger partial charge in [0.2, 0.25) is 0 Å². The van der Waals surface area contributed by atoms with Gasteiger partial charge in [-0.2, -0.15) is 0 Å². The number of rotatable bonds is 3. The molecular weight excluding hydrogens is 210 g/mol. The van der Waals surface area contributed by atoms with Crippen LogP contribution >= 0.6 is 11.6 Å². The van der Waals surface area contributed by atoms with Crippen molar-refractivity contribution in [3.63, 3.8) is 0 Å².